The summed E-state index contributed by atoms with van der Waals surface area (Å²) in [6.45, 7) is 2.06. The number of rotatable bonds is 17. The fraction of sp³-hybridized carbons (Fsp3) is 0.615. The zero-order valence-electron chi connectivity index (χ0n) is 19.8. The van der Waals surface area contributed by atoms with Gasteiger partial charge in [0.1, 0.15) is 11.3 Å². The van der Waals surface area contributed by atoms with Crippen LogP contribution in [0.4, 0.5) is 0 Å². The monoisotopic (exact) mass is 461 g/mol. The third-order valence-corrected chi connectivity index (χ3v) is 5.79. The molecule has 2 aromatic rings. The van der Waals surface area contributed by atoms with Gasteiger partial charge in [0.15, 0.2) is 0 Å². The van der Waals surface area contributed by atoms with Crippen molar-refractivity contribution in [2.45, 2.75) is 89.7 Å². The molecule has 0 saturated carbocycles. The van der Waals surface area contributed by atoms with Crippen molar-refractivity contribution in [3.05, 3.63) is 40.8 Å². The standard InChI is InChI=1S/C26H39NO6/c1-2-3-4-5-6-7-8-9-10-11-25(30)27-22(19-28)23(29)16-17-32-21-14-12-20-13-15-26(31)33-24(20)18-21/h12-15,18,22-23,28-29H,2-11,16-17,19H2,1H3,(H,27,30). The van der Waals surface area contributed by atoms with Crippen LogP contribution in [0.5, 0.6) is 5.75 Å². The van der Waals surface area contributed by atoms with Crippen LogP contribution in [0.2, 0.25) is 0 Å². The zero-order valence-corrected chi connectivity index (χ0v) is 19.8. The van der Waals surface area contributed by atoms with Crippen molar-refractivity contribution < 1.29 is 24.2 Å². The van der Waals surface area contributed by atoms with Crippen LogP contribution in [-0.2, 0) is 4.79 Å². The minimum atomic E-state index is -0.930. The number of fused-ring (bicyclic) bond motifs is 1. The lowest BCUT2D eigenvalue weighted by Gasteiger charge is -2.22. The van der Waals surface area contributed by atoms with Crippen molar-refractivity contribution >= 4 is 16.9 Å². The van der Waals surface area contributed by atoms with Crippen LogP contribution in [0.25, 0.3) is 11.0 Å². The minimum Gasteiger partial charge on any atom is -0.493 e. The molecule has 0 radical (unpaired) electrons. The van der Waals surface area contributed by atoms with Crippen molar-refractivity contribution in [2.75, 3.05) is 13.2 Å². The van der Waals surface area contributed by atoms with Crippen molar-refractivity contribution in [1.29, 1.82) is 0 Å². The molecular formula is C26H39NO6. The zero-order chi connectivity index (χ0) is 23.9. The number of unbranched alkanes of at least 4 members (excludes halogenated alkanes) is 8. The molecule has 0 fully saturated rings. The molecule has 3 N–H and O–H groups in total. The molecule has 2 atom stereocenters. The molecule has 7 heteroatoms. The van der Waals surface area contributed by atoms with Crippen LogP contribution in [0.15, 0.2) is 39.5 Å². The third kappa shape index (κ3) is 10.4. The van der Waals surface area contributed by atoms with Crippen LogP contribution in [0, 0.1) is 0 Å². The van der Waals surface area contributed by atoms with E-state index in [4.69, 9.17) is 9.15 Å². The molecule has 184 valence electrons. The van der Waals surface area contributed by atoms with Crippen molar-refractivity contribution in [2.24, 2.45) is 0 Å². The summed E-state index contributed by atoms with van der Waals surface area (Å²) in [5.41, 5.74) is -0.00319. The van der Waals surface area contributed by atoms with Gasteiger partial charge in [0.25, 0.3) is 0 Å². The average Bonchev–Trinajstić information content (AvgIpc) is 2.81. The van der Waals surface area contributed by atoms with Gasteiger partial charge in [-0.2, -0.15) is 0 Å². The Kier molecular flexibility index (Phi) is 12.6. The summed E-state index contributed by atoms with van der Waals surface area (Å²) in [4.78, 5) is 23.5. The number of benzene rings is 1. The molecule has 1 aromatic carbocycles. The van der Waals surface area contributed by atoms with E-state index in [2.05, 4.69) is 12.2 Å². The van der Waals surface area contributed by atoms with Crippen LogP contribution in [0.1, 0.15) is 77.6 Å². The second-order valence-electron chi connectivity index (χ2n) is 8.59. The minimum absolute atomic E-state index is 0.151. The number of hydrogen-bond acceptors (Lipinski definition) is 6. The lowest BCUT2D eigenvalue weighted by atomic mass is 10.1. The fourth-order valence-electron chi connectivity index (χ4n) is 3.77. The number of nitrogens with one attached hydrogen (secondary N) is 1. The van der Waals surface area contributed by atoms with E-state index in [1.807, 2.05) is 0 Å². The molecule has 0 aliphatic heterocycles. The molecule has 1 heterocycles. The molecule has 1 amide bonds. The number of ether oxygens (including phenoxy) is 1. The lowest BCUT2D eigenvalue weighted by molar-refractivity contribution is -0.123. The van der Waals surface area contributed by atoms with Gasteiger partial charge in [0, 0.05) is 30.4 Å². The van der Waals surface area contributed by atoms with Crippen LogP contribution < -0.4 is 15.7 Å². The van der Waals surface area contributed by atoms with Gasteiger partial charge in [-0.15, -0.1) is 0 Å². The maximum atomic E-state index is 12.2. The Bertz CT molecular complexity index is 880. The summed E-state index contributed by atoms with van der Waals surface area (Å²) in [6, 6.07) is 7.47. The Balaban J connectivity index is 1.63. The first-order chi connectivity index (χ1) is 16.0. The molecule has 33 heavy (non-hydrogen) atoms. The van der Waals surface area contributed by atoms with Crippen LogP contribution in [-0.4, -0.2) is 41.5 Å². The third-order valence-electron chi connectivity index (χ3n) is 5.79. The molecule has 2 unspecified atom stereocenters. The average molecular weight is 462 g/mol. The summed E-state index contributed by atoms with van der Waals surface area (Å²) in [5.74, 6) is 0.362. The predicted molar refractivity (Wildman–Crippen MR) is 129 cm³/mol. The maximum Gasteiger partial charge on any atom is 0.336 e. The first kappa shape index (κ1) is 26.9. The Morgan fingerprint density at radius 2 is 1.70 bits per heavy atom. The van der Waals surface area contributed by atoms with E-state index in [0.717, 1.165) is 24.6 Å². The summed E-state index contributed by atoms with van der Waals surface area (Å²) in [6.07, 6.45) is 10.3. The fourth-order valence-corrected chi connectivity index (χ4v) is 3.77. The first-order valence-electron chi connectivity index (χ1n) is 12.3. The Labute approximate surface area is 196 Å². The van der Waals surface area contributed by atoms with Gasteiger partial charge < -0.3 is 24.7 Å². The number of amides is 1. The van der Waals surface area contributed by atoms with E-state index in [9.17, 15) is 19.8 Å². The van der Waals surface area contributed by atoms with Gasteiger partial charge in [0.05, 0.1) is 25.4 Å². The normalized spacial score (nSPS) is 13.1. The predicted octanol–water partition coefficient (Wildman–Crippen LogP) is 4.32. The topological polar surface area (TPSA) is 109 Å². The van der Waals surface area contributed by atoms with E-state index in [-0.39, 0.29) is 25.5 Å². The highest BCUT2D eigenvalue weighted by Crippen LogP contribution is 2.20. The molecular weight excluding hydrogens is 422 g/mol. The quantitative estimate of drug-likeness (QED) is 0.239. The van der Waals surface area contributed by atoms with Gasteiger partial charge in [-0.1, -0.05) is 58.3 Å². The lowest BCUT2D eigenvalue weighted by Crippen LogP contribution is -2.46. The molecule has 0 saturated heterocycles. The summed E-state index contributed by atoms with van der Waals surface area (Å²) in [7, 11) is 0. The highest BCUT2D eigenvalue weighted by Gasteiger charge is 2.20. The van der Waals surface area contributed by atoms with E-state index >= 15 is 0 Å². The Morgan fingerprint density at radius 3 is 2.39 bits per heavy atom. The SMILES string of the molecule is CCCCCCCCCCCC(=O)NC(CO)C(O)CCOc1ccc2ccc(=O)oc2c1. The summed E-state index contributed by atoms with van der Waals surface area (Å²) in [5, 5.41) is 23.5. The molecule has 1 aromatic heterocycles. The molecule has 0 aliphatic rings. The highest BCUT2D eigenvalue weighted by atomic mass is 16.5. The Morgan fingerprint density at radius 1 is 1.03 bits per heavy atom. The van der Waals surface area contributed by atoms with Crippen LogP contribution >= 0.6 is 0 Å². The van der Waals surface area contributed by atoms with Crippen molar-refractivity contribution in [3.8, 4) is 5.75 Å². The first-order valence-corrected chi connectivity index (χ1v) is 12.3. The number of hydrogen-bond donors (Lipinski definition) is 3. The Hall–Kier alpha value is -2.38. The number of aliphatic hydroxyl groups excluding tert-OH is 2. The second kappa shape index (κ2) is 15.5. The van der Waals surface area contributed by atoms with Crippen molar-refractivity contribution in [1.82, 2.24) is 5.32 Å². The largest absolute Gasteiger partial charge is 0.493 e. The van der Waals surface area contributed by atoms with E-state index in [1.165, 1.54) is 44.6 Å². The van der Waals surface area contributed by atoms with Gasteiger partial charge in [-0.3, -0.25) is 4.79 Å². The van der Waals surface area contributed by atoms with E-state index < -0.39 is 17.8 Å². The van der Waals surface area contributed by atoms with Gasteiger partial charge >= 0.3 is 5.63 Å². The summed E-state index contributed by atoms with van der Waals surface area (Å²) >= 11 is 0. The molecule has 0 aliphatic carbocycles. The van der Waals surface area contributed by atoms with E-state index in [1.54, 1.807) is 24.3 Å². The molecule has 0 spiro atoms. The molecule has 7 nitrogen and oxygen atoms in total. The van der Waals surface area contributed by atoms with Gasteiger partial charge in [0.2, 0.25) is 5.91 Å². The van der Waals surface area contributed by atoms with Crippen LogP contribution in [0.3, 0.4) is 0 Å². The van der Waals surface area contributed by atoms with Gasteiger partial charge in [-0.25, -0.2) is 4.79 Å². The number of carbonyl (C=O) groups is 1. The molecule has 0 bridgehead atoms. The van der Waals surface area contributed by atoms with Gasteiger partial charge in [-0.05, 0) is 24.6 Å². The number of carbonyl (C=O) groups excluding carboxylic acids is 1. The summed E-state index contributed by atoms with van der Waals surface area (Å²) < 4.78 is 10.8. The maximum absolute atomic E-state index is 12.2. The van der Waals surface area contributed by atoms with Crippen molar-refractivity contribution in [3.63, 3.8) is 0 Å². The highest BCUT2D eigenvalue weighted by molar-refractivity contribution is 5.77. The smallest absolute Gasteiger partial charge is 0.336 e. The van der Waals surface area contributed by atoms with E-state index in [0.29, 0.717) is 17.8 Å². The number of aliphatic hydroxyl groups is 2. The second-order valence-corrected chi connectivity index (χ2v) is 8.59. The molecule has 2 rings (SSSR count).